The molecule has 13 heavy (non-hydrogen) atoms. The summed E-state index contributed by atoms with van der Waals surface area (Å²) in [6.07, 6.45) is 12.2. The summed E-state index contributed by atoms with van der Waals surface area (Å²) in [5, 5.41) is 0. The highest BCUT2D eigenvalue weighted by Gasteiger charge is 2.28. The quantitative estimate of drug-likeness (QED) is 0.524. The first-order chi connectivity index (χ1) is 6.38. The van der Waals surface area contributed by atoms with E-state index >= 15 is 0 Å². The van der Waals surface area contributed by atoms with Crippen molar-refractivity contribution in [2.24, 2.45) is 17.8 Å². The van der Waals surface area contributed by atoms with Crippen LogP contribution in [0, 0.1) is 17.8 Å². The molecule has 2 rings (SSSR count). The highest BCUT2D eigenvalue weighted by Crippen LogP contribution is 2.39. The van der Waals surface area contributed by atoms with Gasteiger partial charge in [0.15, 0.2) is 0 Å². The van der Waals surface area contributed by atoms with E-state index in [-0.39, 0.29) is 0 Å². The summed E-state index contributed by atoms with van der Waals surface area (Å²) < 4.78 is 0. The minimum Gasteiger partial charge on any atom is -0.0880 e. The van der Waals surface area contributed by atoms with Crippen molar-refractivity contribution in [3.05, 3.63) is 12.2 Å². The molecule has 2 unspecified atom stereocenters. The first-order valence-corrected chi connectivity index (χ1v) is 6.04. The van der Waals surface area contributed by atoms with Crippen molar-refractivity contribution in [1.82, 2.24) is 0 Å². The van der Waals surface area contributed by atoms with Gasteiger partial charge in [-0.15, -0.1) is 0 Å². The summed E-state index contributed by atoms with van der Waals surface area (Å²) in [5.74, 6) is 2.93. The van der Waals surface area contributed by atoms with Crippen molar-refractivity contribution in [1.29, 1.82) is 0 Å². The Morgan fingerprint density at radius 2 is 1.69 bits per heavy atom. The zero-order valence-electron chi connectivity index (χ0n) is 9.42. The van der Waals surface area contributed by atoms with Gasteiger partial charge in [0.2, 0.25) is 0 Å². The largest absolute Gasteiger partial charge is 0.0880 e. The molecule has 0 aromatic carbocycles. The van der Waals surface area contributed by atoms with Gasteiger partial charge in [-0.3, -0.25) is 0 Å². The van der Waals surface area contributed by atoms with E-state index in [9.17, 15) is 0 Å². The van der Waals surface area contributed by atoms with Crippen molar-refractivity contribution in [3.8, 4) is 0 Å². The minimum absolute atomic E-state index is 0.942. The Hall–Kier alpha value is -0.260. The van der Waals surface area contributed by atoms with Crippen LogP contribution in [0.4, 0.5) is 0 Å². The fraction of sp³-hybridized carbons (Fsp3) is 0.846. The lowest BCUT2D eigenvalue weighted by Gasteiger charge is -2.21. The van der Waals surface area contributed by atoms with Crippen molar-refractivity contribution >= 4 is 0 Å². The fourth-order valence-electron chi connectivity index (χ4n) is 2.76. The summed E-state index contributed by atoms with van der Waals surface area (Å²) in [6.45, 7) is 6.41. The molecule has 76 valence electrons. The average Bonchev–Trinajstić information content (AvgIpc) is 2.77. The Labute approximate surface area is 83.4 Å². The van der Waals surface area contributed by atoms with E-state index in [4.69, 9.17) is 0 Å². The lowest BCUT2D eigenvalue weighted by atomic mass is 9.84. The van der Waals surface area contributed by atoms with E-state index in [0.29, 0.717) is 0 Å². The van der Waals surface area contributed by atoms with Crippen molar-refractivity contribution in [2.45, 2.75) is 52.9 Å². The smallest absolute Gasteiger partial charge is 0.0176 e. The predicted octanol–water partition coefficient (Wildman–Crippen LogP) is 4.42. The van der Waals surface area contributed by atoms with Gasteiger partial charge < -0.3 is 0 Å². The molecular weight excluding hydrogens is 156 g/mol. The lowest BCUT2D eigenvalue weighted by molar-refractivity contribution is 0.320. The van der Waals surface area contributed by atoms with Crippen molar-refractivity contribution < 1.29 is 0 Å². The van der Waals surface area contributed by atoms with E-state index in [1.54, 1.807) is 0 Å². The van der Waals surface area contributed by atoms with E-state index in [0.717, 1.165) is 17.8 Å². The number of rotatable bonds is 1. The summed E-state index contributed by atoms with van der Waals surface area (Å²) in [4.78, 5) is 0. The molecule has 2 aliphatic rings. The molecule has 0 spiro atoms. The minimum atomic E-state index is 0.942. The van der Waals surface area contributed by atoms with Crippen LogP contribution in [0.2, 0.25) is 0 Å². The molecule has 0 aromatic rings. The summed E-state index contributed by atoms with van der Waals surface area (Å²) in [7, 11) is 0. The molecule has 0 heteroatoms. The molecule has 0 heterocycles. The second kappa shape index (κ2) is 5.47. The molecule has 0 bridgehead atoms. The van der Waals surface area contributed by atoms with Gasteiger partial charge in [0.25, 0.3) is 0 Å². The van der Waals surface area contributed by atoms with Crippen LogP contribution in [-0.2, 0) is 0 Å². The molecule has 0 saturated heterocycles. The molecule has 0 aromatic heterocycles. The van der Waals surface area contributed by atoms with E-state index in [1.807, 2.05) is 13.8 Å². The first-order valence-electron chi connectivity index (χ1n) is 6.04. The Morgan fingerprint density at radius 3 is 2.15 bits per heavy atom. The summed E-state index contributed by atoms with van der Waals surface area (Å²) in [6, 6.07) is 0. The second-order valence-corrected chi connectivity index (χ2v) is 4.26. The zero-order chi connectivity index (χ0) is 9.68. The topological polar surface area (TPSA) is 0 Å². The van der Waals surface area contributed by atoms with Gasteiger partial charge in [0, 0.05) is 0 Å². The van der Waals surface area contributed by atoms with Gasteiger partial charge in [0.1, 0.15) is 0 Å². The third-order valence-corrected chi connectivity index (χ3v) is 3.47. The van der Waals surface area contributed by atoms with Crippen molar-refractivity contribution in [3.63, 3.8) is 0 Å². The molecule has 0 aliphatic heterocycles. The van der Waals surface area contributed by atoms with Crippen LogP contribution >= 0.6 is 0 Å². The van der Waals surface area contributed by atoms with E-state index < -0.39 is 0 Å². The monoisotopic (exact) mass is 180 g/mol. The van der Waals surface area contributed by atoms with Gasteiger partial charge in [-0.2, -0.15) is 0 Å². The predicted molar refractivity (Wildman–Crippen MR) is 59.7 cm³/mol. The maximum Gasteiger partial charge on any atom is -0.0176 e. The van der Waals surface area contributed by atoms with Gasteiger partial charge >= 0.3 is 0 Å². The molecular formula is C13H24. The maximum absolute atomic E-state index is 2.47. The Balaban J connectivity index is 0.000000396. The highest BCUT2D eigenvalue weighted by molar-refractivity contribution is 5.02. The SMILES string of the molecule is CC.CC1CC=CC1C1CCCC1. The molecule has 1 saturated carbocycles. The van der Waals surface area contributed by atoms with Crippen LogP contribution < -0.4 is 0 Å². The van der Waals surface area contributed by atoms with Crippen LogP contribution in [0.15, 0.2) is 12.2 Å². The summed E-state index contributed by atoms with van der Waals surface area (Å²) >= 11 is 0. The van der Waals surface area contributed by atoms with Gasteiger partial charge in [-0.25, -0.2) is 0 Å². The van der Waals surface area contributed by atoms with Crippen LogP contribution in [0.5, 0.6) is 0 Å². The van der Waals surface area contributed by atoms with E-state index in [2.05, 4.69) is 19.1 Å². The third kappa shape index (κ3) is 2.59. The molecule has 0 radical (unpaired) electrons. The lowest BCUT2D eigenvalue weighted by Crippen LogP contribution is -2.13. The number of allylic oxidation sites excluding steroid dienone is 2. The van der Waals surface area contributed by atoms with Crippen LogP contribution in [0.1, 0.15) is 52.9 Å². The number of hydrogen-bond acceptors (Lipinski definition) is 0. The summed E-state index contributed by atoms with van der Waals surface area (Å²) in [5.41, 5.74) is 0. The molecule has 0 amide bonds. The molecule has 1 fully saturated rings. The van der Waals surface area contributed by atoms with Crippen LogP contribution in [-0.4, -0.2) is 0 Å². The average molecular weight is 180 g/mol. The van der Waals surface area contributed by atoms with Gasteiger partial charge in [0.05, 0.1) is 0 Å². The third-order valence-electron chi connectivity index (χ3n) is 3.47. The van der Waals surface area contributed by atoms with E-state index in [1.165, 1.54) is 32.1 Å². The maximum atomic E-state index is 2.47. The molecule has 2 aliphatic carbocycles. The van der Waals surface area contributed by atoms with Gasteiger partial charge in [-0.05, 0) is 37.0 Å². The standard InChI is InChI=1S/C11H18.C2H6/c1-9-5-4-8-11(9)10-6-2-3-7-10;1-2/h4,8-11H,2-3,5-7H2,1H3;1-2H3. The van der Waals surface area contributed by atoms with Crippen LogP contribution in [0.3, 0.4) is 0 Å². The Kier molecular flexibility index (Phi) is 4.55. The second-order valence-electron chi connectivity index (χ2n) is 4.26. The van der Waals surface area contributed by atoms with Crippen LogP contribution in [0.25, 0.3) is 0 Å². The number of hydrogen-bond donors (Lipinski definition) is 0. The highest BCUT2D eigenvalue weighted by atomic mass is 14.3. The van der Waals surface area contributed by atoms with Gasteiger partial charge in [-0.1, -0.05) is 45.8 Å². The normalized spacial score (nSPS) is 33.2. The molecule has 0 nitrogen and oxygen atoms in total. The zero-order valence-corrected chi connectivity index (χ0v) is 9.42. The molecule has 0 N–H and O–H groups in total. The fourth-order valence-corrected chi connectivity index (χ4v) is 2.76. The Bertz CT molecular complexity index is 151. The van der Waals surface area contributed by atoms with Crippen molar-refractivity contribution in [2.75, 3.05) is 0 Å². The Morgan fingerprint density at radius 1 is 1.08 bits per heavy atom. The first kappa shape index (κ1) is 10.8. The molecule has 2 atom stereocenters.